The lowest BCUT2D eigenvalue weighted by atomic mass is 10.0. The summed E-state index contributed by atoms with van der Waals surface area (Å²) in [5.74, 6) is 0.108. The molecule has 0 unspecified atom stereocenters. The number of nitro groups is 1. The molecule has 0 aliphatic carbocycles. The summed E-state index contributed by atoms with van der Waals surface area (Å²) in [7, 11) is -1.68. The average Bonchev–Trinajstić information content (AvgIpc) is 2.53. The maximum atomic E-state index is 12.7. The Hall–Kier alpha value is -2.03. The lowest BCUT2D eigenvalue weighted by Gasteiger charge is -2.36. The van der Waals surface area contributed by atoms with Crippen LogP contribution in [0.4, 0.5) is 10.5 Å². The van der Waals surface area contributed by atoms with Gasteiger partial charge in [0.25, 0.3) is 0 Å². The predicted molar refractivity (Wildman–Crippen MR) is 92.7 cm³/mol. The van der Waals surface area contributed by atoms with E-state index in [-0.39, 0.29) is 22.5 Å². The van der Waals surface area contributed by atoms with Crippen LogP contribution in [0.5, 0.6) is 0 Å². The molecule has 2 atom stereocenters. The number of carbonyl (C=O) groups is 1. The van der Waals surface area contributed by atoms with Crippen molar-refractivity contribution in [3.05, 3.63) is 28.4 Å². The molecule has 1 amide bonds. The molecular weight excluding hydrogens is 346 g/mol. The number of hydrogen-bond donors (Lipinski definition) is 0. The molecule has 1 fully saturated rings. The normalized spacial score (nSPS) is 19.3. The third-order valence-electron chi connectivity index (χ3n) is 3.76. The van der Waals surface area contributed by atoms with Gasteiger partial charge in [-0.15, -0.1) is 0 Å². The number of hydrogen-bond acceptors (Lipinski definition) is 6. The van der Waals surface area contributed by atoms with Crippen LogP contribution in [0.2, 0.25) is 0 Å². The van der Waals surface area contributed by atoms with Gasteiger partial charge in [0.15, 0.2) is 0 Å². The first kappa shape index (κ1) is 19.3. The maximum Gasteiger partial charge on any atom is 0.410 e. The highest BCUT2D eigenvalue weighted by molar-refractivity contribution is 7.85. The number of likely N-dealkylation sites (tertiary alicyclic amines) is 1. The summed E-state index contributed by atoms with van der Waals surface area (Å²) in [5.41, 5.74) is -0.877. The summed E-state index contributed by atoms with van der Waals surface area (Å²) in [6.07, 6.45) is 3.39. The molecule has 0 aromatic carbocycles. The van der Waals surface area contributed by atoms with Crippen LogP contribution in [0.25, 0.3) is 0 Å². The van der Waals surface area contributed by atoms with Gasteiger partial charge >= 0.3 is 11.8 Å². The van der Waals surface area contributed by atoms with Crippen molar-refractivity contribution < 1.29 is 18.7 Å². The third-order valence-corrected chi connectivity index (χ3v) is 5.20. The van der Waals surface area contributed by atoms with Gasteiger partial charge in [0.2, 0.25) is 5.03 Å². The number of nitrogens with zero attached hydrogens (tertiary/aromatic N) is 3. The number of aromatic nitrogens is 1. The molecule has 0 saturated carbocycles. The van der Waals surface area contributed by atoms with Crippen LogP contribution in [-0.2, 0) is 15.5 Å². The van der Waals surface area contributed by atoms with Gasteiger partial charge in [-0.1, -0.05) is 0 Å². The Balaban J connectivity index is 2.15. The van der Waals surface area contributed by atoms with E-state index >= 15 is 0 Å². The molecule has 1 aliphatic rings. The molecule has 2 rings (SSSR count). The fourth-order valence-corrected chi connectivity index (χ4v) is 4.09. The molecule has 1 saturated heterocycles. The van der Waals surface area contributed by atoms with E-state index in [1.54, 1.807) is 25.7 Å². The second-order valence-electron chi connectivity index (χ2n) is 6.92. The van der Waals surface area contributed by atoms with Crippen LogP contribution >= 0.6 is 0 Å². The highest BCUT2D eigenvalue weighted by Gasteiger charge is 2.33. The van der Waals surface area contributed by atoms with E-state index in [9.17, 15) is 19.1 Å². The molecule has 2 heterocycles. The van der Waals surface area contributed by atoms with Crippen molar-refractivity contribution >= 4 is 22.6 Å². The van der Waals surface area contributed by atoms with Crippen LogP contribution in [0.1, 0.15) is 40.0 Å². The number of piperidine rings is 1. The molecule has 25 heavy (non-hydrogen) atoms. The molecule has 1 aliphatic heterocycles. The number of pyridine rings is 1. The minimum absolute atomic E-state index is 0.0535. The van der Waals surface area contributed by atoms with Crippen molar-refractivity contribution in [2.45, 2.75) is 56.7 Å². The lowest BCUT2D eigenvalue weighted by Crippen LogP contribution is -2.48. The quantitative estimate of drug-likeness (QED) is 0.597. The summed E-state index contributed by atoms with van der Waals surface area (Å²) < 4.78 is 18.1. The van der Waals surface area contributed by atoms with Gasteiger partial charge in [-0.2, -0.15) is 0 Å². The van der Waals surface area contributed by atoms with Crippen LogP contribution in [0, 0.1) is 10.1 Å². The second-order valence-corrected chi connectivity index (χ2v) is 8.33. The summed E-state index contributed by atoms with van der Waals surface area (Å²) >= 11 is 0. The molecule has 0 bridgehead atoms. The van der Waals surface area contributed by atoms with Crippen molar-refractivity contribution in [2.24, 2.45) is 0 Å². The van der Waals surface area contributed by atoms with Crippen LogP contribution < -0.4 is 0 Å². The van der Waals surface area contributed by atoms with Gasteiger partial charge in [0.05, 0.1) is 21.5 Å². The fourth-order valence-electron chi connectivity index (χ4n) is 2.69. The van der Waals surface area contributed by atoms with Crippen molar-refractivity contribution in [3.63, 3.8) is 0 Å². The minimum Gasteiger partial charge on any atom is -0.444 e. The SMILES string of the molecule is CC(C)(C)OC(=O)N1CCCC[C@@H]1C[S@@](=O)c1ncccc1[N+](=O)[O-]. The molecule has 9 heteroatoms. The van der Waals surface area contributed by atoms with Gasteiger partial charge < -0.3 is 9.64 Å². The Bertz CT molecular complexity index is 674. The standard InChI is InChI=1S/C16H23N3O5S/c1-16(2,3)24-15(20)18-10-5-4-7-12(18)11-25(23)14-13(19(21)22)8-6-9-17-14/h6,8-9,12H,4-5,7,10-11H2,1-3H3/t12-,25-/m1/s1. The lowest BCUT2D eigenvalue weighted by molar-refractivity contribution is -0.388. The van der Waals surface area contributed by atoms with E-state index in [1.165, 1.54) is 18.3 Å². The minimum atomic E-state index is -1.68. The Morgan fingerprint density at radius 1 is 1.48 bits per heavy atom. The predicted octanol–water partition coefficient (Wildman–Crippen LogP) is 2.89. The zero-order chi connectivity index (χ0) is 18.6. The maximum absolute atomic E-state index is 12.7. The van der Waals surface area contributed by atoms with E-state index in [0.29, 0.717) is 13.0 Å². The van der Waals surface area contributed by atoms with E-state index in [4.69, 9.17) is 4.74 Å². The summed E-state index contributed by atoms with van der Waals surface area (Å²) in [5, 5.41) is 11.0. The van der Waals surface area contributed by atoms with Gasteiger partial charge in [0.1, 0.15) is 5.60 Å². The van der Waals surface area contributed by atoms with Gasteiger partial charge in [0, 0.05) is 24.8 Å². The van der Waals surface area contributed by atoms with Crippen LogP contribution in [-0.4, -0.2) is 49.0 Å². The molecule has 0 radical (unpaired) electrons. The van der Waals surface area contributed by atoms with Crippen LogP contribution in [0.15, 0.2) is 23.4 Å². The largest absolute Gasteiger partial charge is 0.444 e. The van der Waals surface area contributed by atoms with Crippen molar-refractivity contribution in [3.8, 4) is 0 Å². The number of rotatable bonds is 4. The second kappa shape index (κ2) is 7.90. The van der Waals surface area contributed by atoms with Crippen LogP contribution in [0.3, 0.4) is 0 Å². The van der Waals surface area contributed by atoms with E-state index in [1.807, 2.05) is 0 Å². The van der Waals surface area contributed by atoms with Crippen molar-refractivity contribution in [1.82, 2.24) is 9.88 Å². The average molecular weight is 369 g/mol. The topological polar surface area (TPSA) is 103 Å². The Kier molecular flexibility index (Phi) is 6.10. The molecule has 8 nitrogen and oxygen atoms in total. The molecule has 1 aromatic heterocycles. The first-order valence-electron chi connectivity index (χ1n) is 8.16. The number of carbonyl (C=O) groups excluding carboxylic acids is 1. The molecule has 138 valence electrons. The molecule has 0 N–H and O–H groups in total. The van der Waals surface area contributed by atoms with E-state index < -0.39 is 27.4 Å². The number of amides is 1. The van der Waals surface area contributed by atoms with Gasteiger partial charge in [-0.25, -0.2) is 9.78 Å². The highest BCUT2D eigenvalue weighted by atomic mass is 32.2. The smallest absolute Gasteiger partial charge is 0.410 e. The molecular formula is C16H23N3O5S. The van der Waals surface area contributed by atoms with Crippen molar-refractivity contribution in [1.29, 1.82) is 0 Å². The Morgan fingerprint density at radius 2 is 2.20 bits per heavy atom. The summed E-state index contributed by atoms with van der Waals surface area (Å²) in [6.45, 7) is 5.90. The monoisotopic (exact) mass is 369 g/mol. The Labute approximate surface area is 149 Å². The zero-order valence-corrected chi connectivity index (χ0v) is 15.5. The zero-order valence-electron chi connectivity index (χ0n) is 14.6. The Morgan fingerprint density at radius 3 is 2.84 bits per heavy atom. The third kappa shape index (κ3) is 5.22. The number of ether oxygens (including phenoxy) is 1. The molecule has 1 aromatic rings. The highest BCUT2D eigenvalue weighted by Crippen LogP contribution is 2.25. The first-order valence-corrected chi connectivity index (χ1v) is 9.48. The summed E-state index contributed by atoms with van der Waals surface area (Å²) in [4.78, 5) is 28.4. The van der Waals surface area contributed by atoms with E-state index in [2.05, 4.69) is 4.98 Å². The molecule has 0 spiro atoms. The fraction of sp³-hybridized carbons (Fsp3) is 0.625. The summed E-state index contributed by atoms with van der Waals surface area (Å²) in [6, 6.07) is 2.44. The van der Waals surface area contributed by atoms with Crippen molar-refractivity contribution in [2.75, 3.05) is 12.3 Å². The van der Waals surface area contributed by atoms with Gasteiger partial charge in [-0.3, -0.25) is 14.3 Å². The first-order chi connectivity index (χ1) is 11.7. The van der Waals surface area contributed by atoms with E-state index in [0.717, 1.165) is 12.8 Å². The van der Waals surface area contributed by atoms with Gasteiger partial charge in [-0.05, 0) is 46.1 Å².